The van der Waals surface area contributed by atoms with Crippen molar-refractivity contribution < 1.29 is 0 Å². The van der Waals surface area contributed by atoms with Gasteiger partial charge in [0.1, 0.15) is 0 Å². The van der Waals surface area contributed by atoms with E-state index in [1.165, 1.54) is 18.4 Å². The summed E-state index contributed by atoms with van der Waals surface area (Å²) in [5.74, 6) is 0.891. The van der Waals surface area contributed by atoms with Gasteiger partial charge >= 0.3 is 0 Å². The van der Waals surface area contributed by atoms with Crippen molar-refractivity contribution in [3.63, 3.8) is 0 Å². The fraction of sp³-hybridized carbons (Fsp3) is 0.444. The molecule has 2 aromatic rings. The maximum absolute atomic E-state index is 4.81. The van der Waals surface area contributed by atoms with Gasteiger partial charge in [0.05, 0.1) is 13.1 Å². The first kappa shape index (κ1) is 18.8. The second-order valence-electron chi connectivity index (χ2n) is 6.04. The Bertz CT molecular complexity index is 620. The van der Waals surface area contributed by atoms with Crippen LogP contribution in [0.5, 0.6) is 0 Å². The lowest BCUT2D eigenvalue weighted by Crippen LogP contribution is -2.39. The average molecular weight is 439 g/mol. The number of guanidine groups is 1. The van der Waals surface area contributed by atoms with Crippen LogP contribution in [0, 0.1) is 0 Å². The first-order chi connectivity index (χ1) is 11.3. The lowest BCUT2D eigenvalue weighted by Gasteiger charge is -2.16. The standard InChI is InChI=1S/C18H25N5.HI/c1-2-19-17(20-12-14-23-13-6-11-22-23)21-15-18(9-10-18)16-7-4-3-5-8-16;/h3-8,11,13H,2,9-10,12,14-15H2,1H3,(H2,19,20,21);1H. The van der Waals surface area contributed by atoms with Crippen molar-refractivity contribution in [2.24, 2.45) is 4.99 Å². The van der Waals surface area contributed by atoms with Crippen LogP contribution in [0.4, 0.5) is 0 Å². The predicted molar refractivity (Wildman–Crippen MR) is 109 cm³/mol. The van der Waals surface area contributed by atoms with E-state index in [1.54, 1.807) is 6.20 Å². The predicted octanol–water partition coefficient (Wildman–Crippen LogP) is 2.79. The number of aliphatic imine (C=N–C) groups is 1. The number of nitrogens with zero attached hydrogens (tertiary/aromatic N) is 3. The van der Waals surface area contributed by atoms with Gasteiger partial charge in [-0.05, 0) is 31.4 Å². The molecule has 6 heteroatoms. The minimum atomic E-state index is 0. The molecule has 1 fully saturated rings. The monoisotopic (exact) mass is 439 g/mol. The number of halogens is 1. The van der Waals surface area contributed by atoms with Crippen molar-refractivity contribution in [2.75, 3.05) is 19.6 Å². The SMILES string of the molecule is CCNC(=NCC1(c2ccccc2)CC1)NCCn1cccn1.I. The number of aromatic nitrogens is 2. The Morgan fingerprint density at radius 3 is 2.62 bits per heavy atom. The van der Waals surface area contributed by atoms with Crippen LogP contribution in [0.3, 0.4) is 0 Å². The van der Waals surface area contributed by atoms with Crippen LogP contribution in [-0.2, 0) is 12.0 Å². The van der Waals surface area contributed by atoms with Gasteiger partial charge in [-0.1, -0.05) is 30.3 Å². The van der Waals surface area contributed by atoms with Crippen molar-refractivity contribution in [2.45, 2.75) is 31.7 Å². The van der Waals surface area contributed by atoms with Gasteiger partial charge in [-0.3, -0.25) is 9.67 Å². The van der Waals surface area contributed by atoms with Crippen molar-refractivity contribution in [1.29, 1.82) is 0 Å². The van der Waals surface area contributed by atoms with Gasteiger partial charge in [0.15, 0.2) is 5.96 Å². The fourth-order valence-electron chi connectivity index (χ4n) is 2.77. The van der Waals surface area contributed by atoms with Crippen LogP contribution < -0.4 is 10.6 Å². The second-order valence-corrected chi connectivity index (χ2v) is 6.04. The smallest absolute Gasteiger partial charge is 0.191 e. The van der Waals surface area contributed by atoms with Crippen molar-refractivity contribution in [3.05, 3.63) is 54.4 Å². The largest absolute Gasteiger partial charge is 0.357 e. The maximum atomic E-state index is 4.81. The van der Waals surface area contributed by atoms with Gasteiger partial charge in [-0.25, -0.2) is 0 Å². The van der Waals surface area contributed by atoms with E-state index >= 15 is 0 Å². The van der Waals surface area contributed by atoms with Gasteiger partial charge in [0.25, 0.3) is 0 Å². The molecule has 1 aliphatic carbocycles. The summed E-state index contributed by atoms with van der Waals surface area (Å²) in [6.45, 7) is 5.45. The van der Waals surface area contributed by atoms with Crippen molar-refractivity contribution in [1.82, 2.24) is 20.4 Å². The summed E-state index contributed by atoms with van der Waals surface area (Å²) in [6, 6.07) is 12.7. The molecule has 0 radical (unpaired) electrons. The van der Waals surface area contributed by atoms with E-state index in [1.807, 2.05) is 16.9 Å². The zero-order chi connectivity index (χ0) is 16.0. The maximum Gasteiger partial charge on any atom is 0.191 e. The summed E-state index contributed by atoms with van der Waals surface area (Å²) in [5.41, 5.74) is 1.67. The molecule has 0 atom stereocenters. The highest BCUT2D eigenvalue weighted by molar-refractivity contribution is 14.0. The first-order valence-electron chi connectivity index (χ1n) is 8.37. The molecule has 0 bridgehead atoms. The van der Waals surface area contributed by atoms with E-state index in [9.17, 15) is 0 Å². The van der Waals surface area contributed by atoms with Gasteiger partial charge in [-0.15, -0.1) is 24.0 Å². The summed E-state index contributed by atoms with van der Waals surface area (Å²) in [6.07, 6.45) is 6.23. The third-order valence-electron chi connectivity index (χ3n) is 4.32. The molecule has 1 aliphatic rings. The molecule has 0 unspecified atom stereocenters. The summed E-state index contributed by atoms with van der Waals surface area (Å²) in [5, 5.41) is 10.9. The van der Waals surface area contributed by atoms with E-state index in [0.717, 1.165) is 32.1 Å². The quantitative estimate of drug-likeness (QED) is 0.397. The molecule has 1 aromatic carbocycles. The van der Waals surface area contributed by atoms with Crippen LogP contribution in [0.15, 0.2) is 53.8 Å². The highest BCUT2D eigenvalue weighted by atomic mass is 127. The minimum Gasteiger partial charge on any atom is -0.357 e. The molecule has 0 saturated heterocycles. The van der Waals surface area contributed by atoms with E-state index in [0.29, 0.717) is 0 Å². The summed E-state index contributed by atoms with van der Waals surface area (Å²) in [4.78, 5) is 4.81. The molecule has 2 N–H and O–H groups in total. The normalized spacial score (nSPS) is 15.5. The Labute approximate surface area is 161 Å². The minimum absolute atomic E-state index is 0. The average Bonchev–Trinajstić information content (AvgIpc) is 3.21. The highest BCUT2D eigenvalue weighted by Crippen LogP contribution is 2.48. The van der Waals surface area contributed by atoms with Crippen LogP contribution in [-0.4, -0.2) is 35.4 Å². The Hall–Kier alpha value is -1.57. The van der Waals surface area contributed by atoms with Gasteiger partial charge < -0.3 is 10.6 Å². The number of rotatable bonds is 7. The lowest BCUT2D eigenvalue weighted by atomic mass is 9.96. The Morgan fingerprint density at radius 1 is 1.21 bits per heavy atom. The van der Waals surface area contributed by atoms with Crippen LogP contribution in [0.25, 0.3) is 0 Å². The second kappa shape index (κ2) is 9.05. The molecule has 1 saturated carbocycles. The molecular formula is C18H26IN5. The van der Waals surface area contributed by atoms with Crippen molar-refractivity contribution in [3.8, 4) is 0 Å². The van der Waals surface area contributed by atoms with Gasteiger partial charge in [0.2, 0.25) is 0 Å². The third kappa shape index (κ3) is 4.96. The number of hydrogen-bond donors (Lipinski definition) is 2. The van der Waals surface area contributed by atoms with Crippen molar-refractivity contribution >= 4 is 29.9 Å². The lowest BCUT2D eigenvalue weighted by molar-refractivity contribution is 0.596. The molecule has 0 amide bonds. The molecule has 1 heterocycles. The zero-order valence-electron chi connectivity index (χ0n) is 14.1. The number of benzene rings is 1. The van der Waals surface area contributed by atoms with Crippen LogP contribution >= 0.6 is 24.0 Å². The van der Waals surface area contributed by atoms with E-state index in [-0.39, 0.29) is 29.4 Å². The number of nitrogens with one attached hydrogen (secondary N) is 2. The topological polar surface area (TPSA) is 54.2 Å². The zero-order valence-corrected chi connectivity index (χ0v) is 16.4. The molecule has 0 spiro atoms. The summed E-state index contributed by atoms with van der Waals surface area (Å²) >= 11 is 0. The Balaban J connectivity index is 0.00000208. The first-order valence-corrected chi connectivity index (χ1v) is 8.37. The van der Waals surface area contributed by atoms with E-state index in [4.69, 9.17) is 4.99 Å². The molecule has 130 valence electrons. The van der Waals surface area contributed by atoms with E-state index in [2.05, 4.69) is 53.0 Å². The fourth-order valence-corrected chi connectivity index (χ4v) is 2.77. The van der Waals surface area contributed by atoms with Crippen LogP contribution in [0.1, 0.15) is 25.3 Å². The van der Waals surface area contributed by atoms with Gasteiger partial charge in [-0.2, -0.15) is 5.10 Å². The third-order valence-corrected chi connectivity index (χ3v) is 4.32. The molecule has 3 rings (SSSR count). The van der Waals surface area contributed by atoms with Crippen LogP contribution in [0.2, 0.25) is 0 Å². The molecule has 1 aromatic heterocycles. The van der Waals surface area contributed by atoms with Gasteiger partial charge in [0, 0.05) is 30.9 Å². The highest BCUT2D eigenvalue weighted by Gasteiger charge is 2.43. The molecule has 5 nitrogen and oxygen atoms in total. The molecular weight excluding hydrogens is 413 g/mol. The number of hydrogen-bond acceptors (Lipinski definition) is 2. The molecule has 24 heavy (non-hydrogen) atoms. The Kier molecular flexibility index (Phi) is 7.08. The molecule has 0 aliphatic heterocycles. The summed E-state index contributed by atoms with van der Waals surface area (Å²) in [7, 11) is 0. The van der Waals surface area contributed by atoms with E-state index < -0.39 is 0 Å². The Morgan fingerprint density at radius 2 is 2.00 bits per heavy atom. The summed E-state index contributed by atoms with van der Waals surface area (Å²) < 4.78 is 1.92.